The van der Waals surface area contributed by atoms with Gasteiger partial charge in [0.25, 0.3) is 0 Å². The Bertz CT molecular complexity index is 1430. The second kappa shape index (κ2) is 20.9. The number of aliphatic imine (C=N–C) groups is 1. The van der Waals surface area contributed by atoms with Crippen LogP contribution in [0.15, 0.2) is 4.99 Å². The predicted octanol–water partition coefficient (Wildman–Crippen LogP) is -1.36. The van der Waals surface area contributed by atoms with Crippen molar-refractivity contribution in [3.8, 4) is 0 Å². The fraction of sp³-hybridized carbons (Fsp3) is 0.688. The topological polar surface area (TPSA) is 277 Å². The summed E-state index contributed by atoms with van der Waals surface area (Å²) in [5, 5.41) is 0. The number of esters is 9. The molecule has 2 fully saturated rings. The number of carbonyl (C=O) groups is 9. The second-order valence-corrected chi connectivity index (χ2v) is 11.5. The lowest BCUT2D eigenvalue weighted by atomic mass is 9.95. The van der Waals surface area contributed by atoms with Gasteiger partial charge in [-0.25, -0.2) is 0 Å². The van der Waals surface area contributed by atoms with E-state index in [0.29, 0.717) is 0 Å². The summed E-state index contributed by atoms with van der Waals surface area (Å²) >= 11 is 0. The summed E-state index contributed by atoms with van der Waals surface area (Å²) in [7, 11) is 1.96. The number of methoxy groups -OCH3 is 2. The number of hydrogen-bond acceptors (Lipinski definition) is 22. The zero-order chi connectivity index (χ0) is 40.9. The zero-order valence-electron chi connectivity index (χ0n) is 30.9. The Morgan fingerprint density at radius 1 is 0.519 bits per heavy atom. The fourth-order valence-electron chi connectivity index (χ4n) is 5.24. The zero-order valence-corrected chi connectivity index (χ0v) is 30.9. The molecule has 0 radical (unpaired) electrons. The smallest absolute Gasteiger partial charge is 0.325 e. The van der Waals surface area contributed by atoms with Crippen LogP contribution >= 0.6 is 0 Å². The maximum absolute atomic E-state index is 12.6. The highest BCUT2D eigenvalue weighted by molar-refractivity contribution is 6.09. The largest absolute Gasteiger partial charge is 0.468 e. The highest BCUT2D eigenvalue weighted by Crippen LogP contribution is 2.35. The first-order chi connectivity index (χ1) is 25.3. The van der Waals surface area contributed by atoms with E-state index >= 15 is 0 Å². The van der Waals surface area contributed by atoms with E-state index in [2.05, 4.69) is 14.5 Å². The molecule has 54 heavy (non-hydrogen) atoms. The number of nitrogens with zero attached hydrogens (tertiary/aromatic N) is 1. The molecule has 2 aliphatic heterocycles. The molecule has 0 N–H and O–H groups in total. The molecule has 2 saturated heterocycles. The van der Waals surface area contributed by atoms with Crippen molar-refractivity contribution in [1.82, 2.24) is 0 Å². The van der Waals surface area contributed by atoms with Gasteiger partial charge in [0.1, 0.15) is 31.5 Å². The van der Waals surface area contributed by atoms with E-state index in [4.69, 9.17) is 47.4 Å². The van der Waals surface area contributed by atoms with Crippen molar-refractivity contribution in [1.29, 1.82) is 0 Å². The highest BCUT2D eigenvalue weighted by atomic mass is 16.8. The van der Waals surface area contributed by atoms with Crippen molar-refractivity contribution in [2.45, 2.75) is 110 Å². The maximum Gasteiger partial charge on any atom is 0.325 e. The molecule has 0 aliphatic carbocycles. The number of carbonyl (C=O) groups excluding carboxylic acids is 9. The van der Waals surface area contributed by atoms with Crippen LogP contribution in [-0.4, -0.2) is 149 Å². The highest BCUT2D eigenvalue weighted by Gasteiger charge is 2.57. The molecule has 0 saturated carbocycles. The van der Waals surface area contributed by atoms with E-state index in [9.17, 15) is 43.2 Å². The monoisotopic (exact) mass is 777 g/mol. The molecular weight excluding hydrogens is 734 g/mol. The molecule has 2 aliphatic rings. The lowest BCUT2D eigenvalue weighted by Crippen LogP contribution is -2.66. The lowest BCUT2D eigenvalue weighted by Gasteiger charge is -2.48. The summed E-state index contributed by atoms with van der Waals surface area (Å²) in [6.07, 6.45) is -14.5. The van der Waals surface area contributed by atoms with Gasteiger partial charge in [-0.2, -0.15) is 0 Å². The van der Waals surface area contributed by atoms with Gasteiger partial charge in [-0.3, -0.25) is 48.1 Å². The molecule has 0 amide bonds. The third-order valence-electron chi connectivity index (χ3n) is 7.21. The van der Waals surface area contributed by atoms with Crippen molar-refractivity contribution in [2.75, 3.05) is 27.4 Å². The first kappa shape index (κ1) is 44.9. The Labute approximate surface area is 308 Å². The average molecular weight is 778 g/mol. The minimum Gasteiger partial charge on any atom is -0.468 e. The van der Waals surface area contributed by atoms with Gasteiger partial charge in [0.2, 0.25) is 6.29 Å². The van der Waals surface area contributed by atoms with Crippen molar-refractivity contribution in [3.63, 3.8) is 0 Å². The van der Waals surface area contributed by atoms with Crippen LogP contribution in [0.2, 0.25) is 0 Å². The number of rotatable bonds is 15. The molecule has 0 aromatic heterocycles. The summed E-state index contributed by atoms with van der Waals surface area (Å²) in [4.78, 5) is 115. The average Bonchev–Trinajstić information content (AvgIpc) is 3.06. The second-order valence-electron chi connectivity index (χ2n) is 11.5. The summed E-state index contributed by atoms with van der Waals surface area (Å²) < 4.78 is 64.9. The third kappa shape index (κ3) is 13.3. The Balaban J connectivity index is 2.85. The molecule has 4 unspecified atom stereocenters. The quantitative estimate of drug-likeness (QED) is 0.0803. The first-order valence-corrected chi connectivity index (χ1v) is 16.1. The number of hydrogen-bond donors (Lipinski definition) is 0. The van der Waals surface area contributed by atoms with Gasteiger partial charge in [0.15, 0.2) is 42.7 Å². The van der Waals surface area contributed by atoms with Crippen LogP contribution in [0.4, 0.5) is 0 Å². The fourth-order valence-corrected chi connectivity index (χ4v) is 5.24. The van der Waals surface area contributed by atoms with E-state index in [-0.39, 0.29) is 0 Å². The molecule has 0 bridgehead atoms. The molecule has 2 heterocycles. The Morgan fingerprint density at radius 3 is 1.37 bits per heavy atom. The van der Waals surface area contributed by atoms with Crippen molar-refractivity contribution in [2.24, 2.45) is 10.9 Å². The Morgan fingerprint density at radius 2 is 0.926 bits per heavy atom. The van der Waals surface area contributed by atoms with Gasteiger partial charge < -0.3 is 56.8 Å². The molecule has 22 heteroatoms. The van der Waals surface area contributed by atoms with E-state index in [1.165, 1.54) is 0 Å². The van der Waals surface area contributed by atoms with E-state index in [1.54, 1.807) is 0 Å². The normalized spacial score (nSPS) is 27.8. The van der Waals surface area contributed by atoms with Crippen molar-refractivity contribution in [3.05, 3.63) is 0 Å². The number of ether oxygens (including phenoxy) is 12. The molecule has 302 valence electrons. The SMILES string of the molecule is COC(=O)C(C=NC1[C@@H](OC(C)=O)OC(COC(C)=O)[C@@H](O[C@@H]2OC(COC(C)=O)[C@H](OC(C)=O)[C@H](OC(C)=O)C2OC(C)=O)[C@@H]1OC(C)=O)C(=O)OC. The van der Waals surface area contributed by atoms with Crippen molar-refractivity contribution >= 4 is 59.9 Å². The van der Waals surface area contributed by atoms with E-state index in [0.717, 1.165) is 68.9 Å². The Kier molecular flexibility index (Phi) is 17.4. The van der Waals surface area contributed by atoms with Crippen LogP contribution in [0, 0.1) is 5.92 Å². The van der Waals surface area contributed by atoms with Crippen LogP contribution in [0.5, 0.6) is 0 Å². The Hall–Kier alpha value is -5.22. The van der Waals surface area contributed by atoms with Crippen LogP contribution in [0.1, 0.15) is 48.5 Å². The van der Waals surface area contributed by atoms with E-state index in [1.807, 2.05) is 0 Å². The standard InChI is InChI=1S/C32H43NO21/c1-13(34)45-11-21-24(26(48-16(4)37)23(31(52-21)51-19(7)40)33-10-20(29(41)43-8)30(42)44-9)54-32-28(50-18(6)39)27(49-17(5)38)25(47-15(3)36)22(53-32)12-46-14(2)35/h10,20-28,31-32H,11-12H2,1-9H3/t21?,22?,23?,24-,25+,26-,27+,28?,31+,32+/m1/s1. The van der Waals surface area contributed by atoms with Gasteiger partial charge in [0, 0.05) is 54.7 Å². The molecule has 10 atom stereocenters. The first-order valence-electron chi connectivity index (χ1n) is 16.1. The van der Waals surface area contributed by atoms with Gasteiger partial charge in [0.05, 0.1) is 14.2 Å². The summed E-state index contributed by atoms with van der Waals surface area (Å²) in [5.74, 6) is -10.4. The summed E-state index contributed by atoms with van der Waals surface area (Å²) in [6, 6.07) is -1.68. The van der Waals surface area contributed by atoms with Gasteiger partial charge >= 0.3 is 53.7 Å². The van der Waals surface area contributed by atoms with Crippen LogP contribution in [-0.2, 0) is 100.0 Å². The minimum absolute atomic E-state index is 0.632. The molecule has 0 spiro atoms. The van der Waals surface area contributed by atoms with Crippen molar-refractivity contribution < 1.29 is 100.0 Å². The van der Waals surface area contributed by atoms with Gasteiger partial charge in [-0.05, 0) is 0 Å². The predicted molar refractivity (Wildman–Crippen MR) is 169 cm³/mol. The van der Waals surface area contributed by atoms with Gasteiger partial charge in [-0.1, -0.05) is 0 Å². The van der Waals surface area contributed by atoms with E-state index < -0.39 is 134 Å². The lowest BCUT2D eigenvalue weighted by molar-refractivity contribution is -0.346. The van der Waals surface area contributed by atoms with Crippen LogP contribution in [0.25, 0.3) is 0 Å². The van der Waals surface area contributed by atoms with Crippen LogP contribution in [0.3, 0.4) is 0 Å². The summed E-state index contributed by atoms with van der Waals surface area (Å²) in [5.41, 5.74) is 0. The minimum atomic E-state index is -1.90. The molecule has 2 rings (SSSR count). The van der Waals surface area contributed by atoms with Crippen LogP contribution < -0.4 is 0 Å². The maximum atomic E-state index is 12.6. The molecule has 22 nitrogen and oxygen atoms in total. The molecular formula is C32H43NO21. The summed E-state index contributed by atoms with van der Waals surface area (Å²) in [6.45, 7) is 5.79. The van der Waals surface area contributed by atoms with Gasteiger partial charge in [-0.15, -0.1) is 0 Å². The molecule has 0 aromatic rings. The molecule has 0 aromatic carbocycles. The third-order valence-corrected chi connectivity index (χ3v) is 7.21.